The van der Waals surface area contributed by atoms with Gasteiger partial charge < -0.3 is 19.1 Å². The number of carbonyl (C=O) groups is 1. The molecule has 3 heterocycles. The van der Waals surface area contributed by atoms with Gasteiger partial charge in [0, 0.05) is 25.1 Å². The van der Waals surface area contributed by atoms with Crippen molar-refractivity contribution in [1.29, 1.82) is 0 Å². The molecule has 0 aliphatic carbocycles. The summed E-state index contributed by atoms with van der Waals surface area (Å²) in [6.45, 7) is 8.17. The van der Waals surface area contributed by atoms with Gasteiger partial charge in [0.05, 0.1) is 19.2 Å². The van der Waals surface area contributed by atoms with Crippen LogP contribution in [0.15, 0.2) is 12.3 Å². The lowest BCUT2D eigenvalue weighted by molar-refractivity contribution is 0.0191. The number of hydrogen-bond acceptors (Lipinski definition) is 5. The molecule has 0 saturated carbocycles. The number of rotatable bonds is 1. The Morgan fingerprint density at radius 1 is 1.48 bits per heavy atom. The highest BCUT2D eigenvalue weighted by atomic mass is 16.6. The lowest BCUT2D eigenvalue weighted by Gasteiger charge is -2.27. The maximum absolute atomic E-state index is 12.4. The van der Waals surface area contributed by atoms with Crippen LogP contribution >= 0.6 is 0 Å². The van der Waals surface area contributed by atoms with Crippen LogP contribution in [0.25, 0.3) is 0 Å². The minimum Gasteiger partial charge on any atom is -0.484 e. The summed E-state index contributed by atoms with van der Waals surface area (Å²) in [5.74, 6) is 1.40. The summed E-state index contributed by atoms with van der Waals surface area (Å²) in [7, 11) is 1.61. The fourth-order valence-electron chi connectivity index (χ4n) is 3.43. The third-order valence-corrected chi connectivity index (χ3v) is 4.28. The second-order valence-electron chi connectivity index (χ2n) is 7.42. The molecule has 0 radical (unpaired) electrons. The third-order valence-electron chi connectivity index (χ3n) is 4.28. The van der Waals surface area contributed by atoms with Gasteiger partial charge in [-0.3, -0.25) is 0 Å². The van der Waals surface area contributed by atoms with Crippen molar-refractivity contribution >= 4 is 6.09 Å². The summed E-state index contributed by atoms with van der Waals surface area (Å²) in [5, 5.41) is 0. The molecule has 3 rings (SSSR count). The Bertz CT molecular complexity index is 626. The van der Waals surface area contributed by atoms with Gasteiger partial charge in [-0.2, -0.15) is 0 Å². The molecule has 1 saturated heterocycles. The summed E-state index contributed by atoms with van der Waals surface area (Å²) in [6, 6.07) is 1.92. The lowest BCUT2D eigenvalue weighted by Crippen LogP contribution is -2.42. The van der Waals surface area contributed by atoms with E-state index in [9.17, 15) is 4.79 Å². The average molecular weight is 320 g/mol. The first-order chi connectivity index (χ1) is 10.7. The van der Waals surface area contributed by atoms with E-state index >= 15 is 0 Å². The molecule has 126 valence electrons. The summed E-state index contributed by atoms with van der Waals surface area (Å²) < 4.78 is 17.1. The maximum Gasteiger partial charge on any atom is 0.410 e. The molecule has 1 amide bonds. The Hall–Kier alpha value is -1.98. The van der Waals surface area contributed by atoms with Crippen LogP contribution in [0.5, 0.6) is 11.6 Å². The van der Waals surface area contributed by atoms with Gasteiger partial charge in [-0.1, -0.05) is 0 Å². The molecular formula is C17H24N2O4. The first kappa shape index (κ1) is 15.9. The van der Waals surface area contributed by atoms with Crippen molar-refractivity contribution in [1.82, 2.24) is 9.88 Å². The molecule has 6 nitrogen and oxygen atoms in total. The Morgan fingerprint density at radius 3 is 2.87 bits per heavy atom. The van der Waals surface area contributed by atoms with E-state index in [-0.39, 0.29) is 12.1 Å². The number of fused-ring (bicyclic) bond motifs is 1. The molecule has 2 atom stereocenters. The zero-order valence-electron chi connectivity index (χ0n) is 14.4. The van der Waals surface area contributed by atoms with Gasteiger partial charge in [-0.25, -0.2) is 9.78 Å². The molecule has 6 heteroatoms. The second-order valence-corrected chi connectivity index (χ2v) is 7.42. The Kier molecular flexibility index (Phi) is 3.65. The van der Waals surface area contributed by atoms with Crippen LogP contribution < -0.4 is 9.47 Å². The molecule has 23 heavy (non-hydrogen) atoms. The number of pyridine rings is 1. The zero-order chi connectivity index (χ0) is 16.8. The Balaban J connectivity index is 1.78. The first-order valence-corrected chi connectivity index (χ1v) is 7.93. The largest absolute Gasteiger partial charge is 0.484 e. The minimum absolute atomic E-state index is 0.0677. The summed E-state index contributed by atoms with van der Waals surface area (Å²) in [4.78, 5) is 18.4. The number of amides is 1. The average Bonchev–Trinajstić information content (AvgIpc) is 2.95. The van der Waals surface area contributed by atoms with Crippen LogP contribution in [0.2, 0.25) is 0 Å². The van der Waals surface area contributed by atoms with Gasteiger partial charge in [0.1, 0.15) is 17.0 Å². The first-order valence-electron chi connectivity index (χ1n) is 7.93. The van der Waals surface area contributed by atoms with Gasteiger partial charge in [0.25, 0.3) is 0 Å². The minimum atomic E-state index is -0.501. The van der Waals surface area contributed by atoms with Crippen LogP contribution in [0.3, 0.4) is 0 Å². The van der Waals surface area contributed by atoms with E-state index in [2.05, 4.69) is 4.98 Å². The van der Waals surface area contributed by atoms with Crippen LogP contribution in [-0.2, 0) is 11.2 Å². The zero-order valence-corrected chi connectivity index (χ0v) is 14.4. The van der Waals surface area contributed by atoms with Gasteiger partial charge in [-0.05, 0) is 33.8 Å². The van der Waals surface area contributed by atoms with Crippen molar-refractivity contribution in [3.63, 3.8) is 0 Å². The van der Waals surface area contributed by atoms with E-state index in [1.165, 1.54) is 0 Å². The topological polar surface area (TPSA) is 60.9 Å². The molecule has 0 N–H and O–H groups in total. The SMILES string of the molecule is COc1nccc2c1CC1(CC(C)N(C(=O)OC(C)(C)C)C1)O2. The lowest BCUT2D eigenvalue weighted by atomic mass is 9.95. The van der Waals surface area contributed by atoms with Crippen molar-refractivity contribution in [3.05, 3.63) is 17.8 Å². The van der Waals surface area contributed by atoms with Crippen LogP contribution in [-0.4, -0.2) is 46.9 Å². The number of aromatic nitrogens is 1. The van der Waals surface area contributed by atoms with E-state index in [1.807, 2.05) is 33.8 Å². The van der Waals surface area contributed by atoms with Crippen LogP contribution in [0.4, 0.5) is 4.79 Å². The highest BCUT2D eigenvalue weighted by molar-refractivity contribution is 5.69. The quantitative estimate of drug-likeness (QED) is 0.796. The second kappa shape index (κ2) is 5.28. The summed E-state index contributed by atoms with van der Waals surface area (Å²) in [5.41, 5.74) is 0.0713. The van der Waals surface area contributed by atoms with Crippen molar-refractivity contribution < 1.29 is 19.0 Å². The van der Waals surface area contributed by atoms with E-state index in [1.54, 1.807) is 18.2 Å². The standard InChI is InChI=1S/C17H24N2O4/c1-11-8-17(10-19(11)15(20)23-16(2,3)4)9-12-13(22-17)6-7-18-14(12)21-5/h6-7,11H,8-10H2,1-5H3. The van der Waals surface area contributed by atoms with Gasteiger partial charge in [0.15, 0.2) is 0 Å². The molecule has 2 aliphatic rings. The van der Waals surface area contributed by atoms with Crippen LogP contribution in [0, 0.1) is 0 Å². The number of nitrogens with zero attached hydrogens (tertiary/aromatic N) is 2. The normalized spacial score (nSPS) is 26.1. The molecule has 2 aliphatic heterocycles. The molecule has 1 fully saturated rings. The third kappa shape index (κ3) is 2.94. The number of hydrogen-bond donors (Lipinski definition) is 0. The molecule has 0 aromatic carbocycles. The van der Waals surface area contributed by atoms with Crippen molar-refractivity contribution in [3.8, 4) is 11.6 Å². The number of carbonyl (C=O) groups excluding carboxylic acids is 1. The van der Waals surface area contributed by atoms with E-state index in [4.69, 9.17) is 14.2 Å². The fourth-order valence-corrected chi connectivity index (χ4v) is 3.43. The van der Waals surface area contributed by atoms with Crippen molar-refractivity contribution in [2.24, 2.45) is 0 Å². The van der Waals surface area contributed by atoms with Gasteiger partial charge >= 0.3 is 6.09 Å². The predicted octanol–water partition coefficient (Wildman–Crippen LogP) is 2.79. The molecule has 0 bridgehead atoms. The fraction of sp³-hybridized carbons (Fsp3) is 0.647. The maximum atomic E-state index is 12.4. The number of methoxy groups -OCH3 is 1. The smallest absolute Gasteiger partial charge is 0.410 e. The Labute approximate surface area is 136 Å². The molecule has 1 spiro atoms. The van der Waals surface area contributed by atoms with Gasteiger partial charge in [0.2, 0.25) is 5.88 Å². The van der Waals surface area contributed by atoms with E-state index in [0.717, 1.165) is 17.7 Å². The molecule has 1 aromatic rings. The van der Waals surface area contributed by atoms with Crippen molar-refractivity contribution in [2.75, 3.05) is 13.7 Å². The molecular weight excluding hydrogens is 296 g/mol. The summed E-state index contributed by atoms with van der Waals surface area (Å²) >= 11 is 0. The molecule has 1 aromatic heterocycles. The predicted molar refractivity (Wildman–Crippen MR) is 84.9 cm³/mol. The molecule has 2 unspecified atom stereocenters. The van der Waals surface area contributed by atoms with E-state index < -0.39 is 11.2 Å². The van der Waals surface area contributed by atoms with Crippen molar-refractivity contribution in [2.45, 2.75) is 57.8 Å². The number of likely N-dealkylation sites (tertiary alicyclic amines) is 1. The highest BCUT2D eigenvalue weighted by Crippen LogP contribution is 2.45. The van der Waals surface area contributed by atoms with Crippen LogP contribution in [0.1, 0.15) is 39.7 Å². The van der Waals surface area contributed by atoms with E-state index in [0.29, 0.717) is 18.8 Å². The number of ether oxygens (including phenoxy) is 3. The monoisotopic (exact) mass is 320 g/mol. The summed E-state index contributed by atoms with van der Waals surface area (Å²) in [6.07, 6.45) is 2.86. The highest BCUT2D eigenvalue weighted by Gasteiger charge is 2.51. The van der Waals surface area contributed by atoms with Gasteiger partial charge in [-0.15, -0.1) is 0 Å². The Morgan fingerprint density at radius 2 is 2.22 bits per heavy atom.